The molecule has 4 amide bonds. The summed E-state index contributed by atoms with van der Waals surface area (Å²) >= 11 is 5.76. The first kappa shape index (κ1) is 11.5. The molecule has 7 heteroatoms. The van der Waals surface area contributed by atoms with E-state index in [1.54, 1.807) is 24.3 Å². The van der Waals surface area contributed by atoms with Crippen molar-refractivity contribution in [1.29, 1.82) is 0 Å². The van der Waals surface area contributed by atoms with Crippen LogP contribution in [0.1, 0.15) is 0 Å². The van der Waals surface area contributed by atoms with E-state index < -0.39 is 6.03 Å². The Morgan fingerprint density at radius 2 is 1.94 bits per heavy atom. The molecule has 1 saturated heterocycles. The second kappa shape index (κ2) is 4.50. The zero-order valence-corrected chi connectivity index (χ0v) is 9.65. The van der Waals surface area contributed by atoms with Gasteiger partial charge in [-0.2, -0.15) is 0 Å². The number of carbonyl (C=O) groups is 2. The molecule has 0 aliphatic carbocycles. The van der Waals surface area contributed by atoms with Gasteiger partial charge in [-0.1, -0.05) is 11.6 Å². The number of nitrogens with two attached hydrogens (primary N) is 1. The first-order valence-corrected chi connectivity index (χ1v) is 5.36. The van der Waals surface area contributed by atoms with Gasteiger partial charge in [0.05, 0.1) is 6.54 Å². The molecule has 1 aliphatic rings. The van der Waals surface area contributed by atoms with E-state index in [1.807, 2.05) is 0 Å². The van der Waals surface area contributed by atoms with Gasteiger partial charge in [-0.25, -0.2) is 20.0 Å². The van der Waals surface area contributed by atoms with Crippen molar-refractivity contribution in [3.8, 4) is 0 Å². The van der Waals surface area contributed by atoms with Gasteiger partial charge in [0.15, 0.2) is 0 Å². The first-order valence-electron chi connectivity index (χ1n) is 4.98. The summed E-state index contributed by atoms with van der Waals surface area (Å²) in [5.41, 5.74) is 7.95. The van der Waals surface area contributed by atoms with Gasteiger partial charge in [0, 0.05) is 17.3 Å². The zero-order valence-electron chi connectivity index (χ0n) is 8.89. The molecule has 1 fully saturated rings. The van der Waals surface area contributed by atoms with E-state index >= 15 is 0 Å². The van der Waals surface area contributed by atoms with Gasteiger partial charge in [0.2, 0.25) is 0 Å². The van der Waals surface area contributed by atoms with Crippen LogP contribution in [0.25, 0.3) is 0 Å². The second-order valence-electron chi connectivity index (χ2n) is 3.54. The van der Waals surface area contributed by atoms with Crippen molar-refractivity contribution < 1.29 is 9.59 Å². The Labute approximate surface area is 103 Å². The second-order valence-corrected chi connectivity index (χ2v) is 3.97. The summed E-state index contributed by atoms with van der Waals surface area (Å²) in [6.45, 7) is 0.880. The molecule has 0 bridgehead atoms. The van der Waals surface area contributed by atoms with Gasteiger partial charge in [-0.15, -0.1) is 0 Å². The Kier molecular flexibility index (Phi) is 3.06. The molecule has 0 saturated carbocycles. The Hall–Kier alpha value is -1.95. The third-order valence-electron chi connectivity index (χ3n) is 2.39. The van der Waals surface area contributed by atoms with Crippen LogP contribution in [-0.2, 0) is 0 Å². The molecule has 3 N–H and O–H groups in total. The van der Waals surface area contributed by atoms with E-state index in [-0.39, 0.29) is 6.03 Å². The predicted octanol–water partition coefficient (Wildman–Crippen LogP) is 1.17. The third kappa shape index (κ3) is 2.42. The number of anilines is 1. The van der Waals surface area contributed by atoms with E-state index in [9.17, 15) is 9.59 Å². The standard InChI is InChI=1S/C10H11ClN4O2/c11-7-1-3-8(4-2-7)14-5-6-15(10(14)17)13-9(12)16/h1-4H,5-6H2,(H3,12,13,16). The highest BCUT2D eigenvalue weighted by molar-refractivity contribution is 6.30. The molecule has 6 nitrogen and oxygen atoms in total. The fraction of sp³-hybridized carbons (Fsp3) is 0.200. The molecule has 0 radical (unpaired) electrons. The highest BCUT2D eigenvalue weighted by Gasteiger charge is 2.30. The lowest BCUT2D eigenvalue weighted by Gasteiger charge is -2.18. The monoisotopic (exact) mass is 254 g/mol. The number of halogens is 1. The first-order chi connectivity index (χ1) is 8.08. The molecule has 0 unspecified atom stereocenters. The van der Waals surface area contributed by atoms with Crippen LogP contribution in [0.5, 0.6) is 0 Å². The molecule has 2 rings (SSSR count). The van der Waals surface area contributed by atoms with Crippen LogP contribution in [-0.4, -0.2) is 30.2 Å². The van der Waals surface area contributed by atoms with Crippen LogP contribution in [0.4, 0.5) is 15.3 Å². The lowest BCUT2D eigenvalue weighted by Crippen LogP contribution is -2.47. The molecule has 0 atom stereocenters. The Morgan fingerprint density at radius 1 is 1.29 bits per heavy atom. The summed E-state index contributed by atoms with van der Waals surface area (Å²) in [5.74, 6) is 0. The maximum absolute atomic E-state index is 11.9. The maximum Gasteiger partial charge on any atom is 0.343 e. The number of nitrogens with one attached hydrogen (secondary N) is 1. The Morgan fingerprint density at radius 3 is 2.53 bits per heavy atom. The van der Waals surface area contributed by atoms with Crippen LogP contribution in [0.3, 0.4) is 0 Å². The van der Waals surface area contributed by atoms with Crippen LogP contribution >= 0.6 is 11.6 Å². The van der Waals surface area contributed by atoms with Crippen molar-refractivity contribution in [3.63, 3.8) is 0 Å². The van der Waals surface area contributed by atoms with Crippen molar-refractivity contribution in [1.82, 2.24) is 10.4 Å². The number of rotatable bonds is 2. The lowest BCUT2D eigenvalue weighted by molar-refractivity contribution is 0.192. The van der Waals surface area contributed by atoms with E-state index in [0.29, 0.717) is 18.1 Å². The molecule has 0 spiro atoms. The van der Waals surface area contributed by atoms with Gasteiger partial charge in [0.25, 0.3) is 0 Å². The highest BCUT2D eigenvalue weighted by Crippen LogP contribution is 2.21. The summed E-state index contributed by atoms with van der Waals surface area (Å²) in [6, 6.07) is 5.83. The summed E-state index contributed by atoms with van der Waals surface area (Å²) in [7, 11) is 0. The Balaban J connectivity index is 2.12. The van der Waals surface area contributed by atoms with E-state index in [2.05, 4.69) is 5.43 Å². The smallest absolute Gasteiger partial charge is 0.343 e. The number of hydrogen-bond donors (Lipinski definition) is 2. The van der Waals surface area contributed by atoms with Gasteiger partial charge >= 0.3 is 12.1 Å². The van der Waals surface area contributed by atoms with Crippen LogP contribution < -0.4 is 16.1 Å². The SMILES string of the molecule is NC(=O)NN1CCN(c2ccc(Cl)cc2)C1=O. The molecule has 1 heterocycles. The number of carbonyl (C=O) groups excluding carboxylic acids is 2. The van der Waals surface area contributed by atoms with Crippen molar-refractivity contribution in [3.05, 3.63) is 29.3 Å². The summed E-state index contributed by atoms with van der Waals surface area (Å²) < 4.78 is 0. The maximum atomic E-state index is 11.9. The minimum absolute atomic E-state index is 0.314. The number of amides is 4. The fourth-order valence-electron chi connectivity index (χ4n) is 1.63. The Bertz CT molecular complexity index is 448. The summed E-state index contributed by atoms with van der Waals surface area (Å²) in [6.07, 6.45) is 0. The topological polar surface area (TPSA) is 78.7 Å². The van der Waals surface area contributed by atoms with Gasteiger partial charge < -0.3 is 5.73 Å². The highest BCUT2D eigenvalue weighted by atomic mass is 35.5. The molecule has 17 heavy (non-hydrogen) atoms. The lowest BCUT2D eigenvalue weighted by atomic mass is 10.3. The largest absolute Gasteiger partial charge is 0.350 e. The molecule has 0 aromatic heterocycles. The van der Waals surface area contributed by atoms with Gasteiger partial charge in [-0.05, 0) is 24.3 Å². The van der Waals surface area contributed by atoms with Crippen molar-refractivity contribution in [2.45, 2.75) is 0 Å². The predicted molar refractivity (Wildman–Crippen MR) is 63.6 cm³/mol. The average molecular weight is 255 g/mol. The molecule has 1 aromatic rings. The fourth-order valence-corrected chi connectivity index (χ4v) is 1.76. The summed E-state index contributed by atoms with van der Waals surface area (Å²) in [5, 5.41) is 1.78. The number of benzene rings is 1. The number of primary amides is 1. The average Bonchev–Trinajstić information content (AvgIpc) is 2.61. The molecule has 1 aliphatic heterocycles. The summed E-state index contributed by atoms with van der Waals surface area (Å²) in [4.78, 5) is 24.1. The molecule has 90 valence electrons. The van der Waals surface area contributed by atoms with Crippen molar-refractivity contribution in [2.24, 2.45) is 5.73 Å². The van der Waals surface area contributed by atoms with Crippen molar-refractivity contribution >= 4 is 29.4 Å². The van der Waals surface area contributed by atoms with E-state index in [4.69, 9.17) is 17.3 Å². The van der Waals surface area contributed by atoms with Crippen LogP contribution in [0, 0.1) is 0 Å². The van der Waals surface area contributed by atoms with Gasteiger partial charge in [0.1, 0.15) is 0 Å². The molecular weight excluding hydrogens is 244 g/mol. The zero-order chi connectivity index (χ0) is 12.4. The van der Waals surface area contributed by atoms with Crippen LogP contribution in [0.15, 0.2) is 24.3 Å². The van der Waals surface area contributed by atoms with E-state index in [0.717, 1.165) is 5.69 Å². The minimum Gasteiger partial charge on any atom is -0.350 e. The number of nitrogens with zero attached hydrogens (tertiary/aromatic N) is 2. The van der Waals surface area contributed by atoms with Gasteiger partial charge in [-0.3, -0.25) is 4.90 Å². The van der Waals surface area contributed by atoms with Crippen molar-refractivity contribution in [2.75, 3.05) is 18.0 Å². The molecular formula is C10H11ClN4O2. The number of hydrazine groups is 1. The van der Waals surface area contributed by atoms with Crippen LogP contribution in [0.2, 0.25) is 5.02 Å². The molecule has 1 aromatic carbocycles. The number of hydrogen-bond acceptors (Lipinski definition) is 2. The normalized spacial score (nSPS) is 15.2. The van der Waals surface area contributed by atoms with E-state index in [1.165, 1.54) is 9.91 Å². The minimum atomic E-state index is -0.753. The quantitative estimate of drug-likeness (QED) is 0.831. The third-order valence-corrected chi connectivity index (χ3v) is 2.64. The number of urea groups is 2.